The molecule has 2 atom stereocenters. The number of hydrogen-bond donors (Lipinski definition) is 1. The summed E-state index contributed by atoms with van der Waals surface area (Å²) in [4.78, 5) is 4.62. The molecule has 1 aliphatic rings. The maximum atomic E-state index is 6.00. The van der Waals surface area contributed by atoms with E-state index in [1.54, 1.807) is 11.3 Å². The van der Waals surface area contributed by atoms with Crippen LogP contribution in [0.2, 0.25) is 0 Å². The molecule has 1 aliphatic heterocycles. The van der Waals surface area contributed by atoms with E-state index in [1.165, 1.54) is 4.70 Å². The predicted octanol–water partition coefficient (Wildman–Crippen LogP) is 2.50. The Morgan fingerprint density at radius 2 is 2.31 bits per heavy atom. The highest BCUT2D eigenvalue weighted by molar-refractivity contribution is 9.10. The summed E-state index contributed by atoms with van der Waals surface area (Å²) in [5, 5.41) is 1.10. The fourth-order valence-corrected chi connectivity index (χ4v) is 3.58. The third-order valence-corrected chi connectivity index (χ3v) is 4.45. The van der Waals surface area contributed by atoms with E-state index >= 15 is 0 Å². The summed E-state index contributed by atoms with van der Waals surface area (Å²) in [6.45, 7) is 1.34. The third kappa shape index (κ3) is 1.78. The Bertz CT molecular complexity index is 528. The number of nitrogens with zero attached hydrogens (tertiary/aromatic N) is 1. The van der Waals surface area contributed by atoms with Gasteiger partial charge in [0.25, 0.3) is 0 Å². The maximum Gasteiger partial charge on any atom is 0.101 e. The molecule has 0 bridgehead atoms. The number of rotatable bonds is 1. The van der Waals surface area contributed by atoms with Gasteiger partial charge in [0.1, 0.15) is 5.01 Å². The summed E-state index contributed by atoms with van der Waals surface area (Å²) in [6, 6.07) is 6.22. The first-order chi connectivity index (χ1) is 7.74. The predicted molar refractivity (Wildman–Crippen MR) is 68.9 cm³/mol. The largest absolute Gasteiger partial charge is 0.379 e. The van der Waals surface area contributed by atoms with Crippen LogP contribution in [0, 0.1) is 0 Å². The fraction of sp³-hybridized carbons (Fsp3) is 0.364. The van der Waals surface area contributed by atoms with Gasteiger partial charge in [0.15, 0.2) is 0 Å². The second kappa shape index (κ2) is 4.07. The van der Waals surface area contributed by atoms with Crippen LogP contribution in [0.3, 0.4) is 0 Å². The molecular weight excluding hydrogens is 288 g/mol. The van der Waals surface area contributed by atoms with E-state index in [0.717, 1.165) is 15.0 Å². The standard InChI is InChI=1S/C11H11BrN2OS/c12-6-1-2-9-10(3-6)16-11(14-9)7-4-15-5-8(7)13/h1-3,7-8H,4-5,13H2. The molecule has 1 aromatic heterocycles. The minimum absolute atomic E-state index is 0.0870. The lowest BCUT2D eigenvalue weighted by Crippen LogP contribution is -2.26. The second-order valence-corrected chi connectivity index (χ2v) is 5.95. The van der Waals surface area contributed by atoms with Crippen molar-refractivity contribution in [2.24, 2.45) is 5.73 Å². The van der Waals surface area contributed by atoms with Crippen molar-refractivity contribution < 1.29 is 4.74 Å². The Balaban J connectivity index is 2.04. The maximum absolute atomic E-state index is 6.00. The molecule has 2 aromatic rings. The Morgan fingerprint density at radius 3 is 3.06 bits per heavy atom. The van der Waals surface area contributed by atoms with Crippen molar-refractivity contribution in [1.82, 2.24) is 4.98 Å². The van der Waals surface area contributed by atoms with Crippen LogP contribution in [0.5, 0.6) is 0 Å². The van der Waals surface area contributed by atoms with Crippen molar-refractivity contribution in [2.75, 3.05) is 13.2 Å². The molecule has 16 heavy (non-hydrogen) atoms. The van der Waals surface area contributed by atoms with Gasteiger partial charge in [-0.1, -0.05) is 15.9 Å². The van der Waals surface area contributed by atoms with E-state index < -0.39 is 0 Å². The van der Waals surface area contributed by atoms with Crippen molar-refractivity contribution in [2.45, 2.75) is 12.0 Å². The van der Waals surface area contributed by atoms with Gasteiger partial charge in [-0.15, -0.1) is 11.3 Å². The molecule has 84 valence electrons. The highest BCUT2D eigenvalue weighted by Gasteiger charge is 2.29. The van der Waals surface area contributed by atoms with E-state index in [-0.39, 0.29) is 12.0 Å². The average molecular weight is 299 g/mol. The van der Waals surface area contributed by atoms with E-state index in [4.69, 9.17) is 10.5 Å². The van der Waals surface area contributed by atoms with Crippen LogP contribution in [0.1, 0.15) is 10.9 Å². The molecular formula is C11H11BrN2OS. The van der Waals surface area contributed by atoms with Crippen molar-refractivity contribution in [3.05, 3.63) is 27.7 Å². The number of aromatic nitrogens is 1. The lowest BCUT2D eigenvalue weighted by Gasteiger charge is -2.08. The van der Waals surface area contributed by atoms with Gasteiger partial charge < -0.3 is 10.5 Å². The number of ether oxygens (including phenoxy) is 1. The Hall–Kier alpha value is -0.490. The third-order valence-electron chi connectivity index (χ3n) is 2.81. The lowest BCUT2D eigenvalue weighted by atomic mass is 10.1. The zero-order valence-corrected chi connectivity index (χ0v) is 10.9. The number of benzene rings is 1. The van der Waals surface area contributed by atoms with E-state index in [9.17, 15) is 0 Å². The molecule has 1 aromatic carbocycles. The first-order valence-electron chi connectivity index (χ1n) is 5.13. The minimum atomic E-state index is 0.0870. The molecule has 1 saturated heterocycles. The van der Waals surface area contributed by atoms with Crippen molar-refractivity contribution in [3.63, 3.8) is 0 Å². The van der Waals surface area contributed by atoms with Crippen LogP contribution in [-0.2, 0) is 4.74 Å². The van der Waals surface area contributed by atoms with Crippen molar-refractivity contribution in [3.8, 4) is 0 Å². The fourth-order valence-electron chi connectivity index (χ4n) is 1.90. The van der Waals surface area contributed by atoms with Gasteiger partial charge >= 0.3 is 0 Å². The molecule has 5 heteroatoms. The van der Waals surface area contributed by atoms with Crippen LogP contribution in [0.25, 0.3) is 10.2 Å². The number of thiazole rings is 1. The molecule has 0 saturated carbocycles. The zero-order chi connectivity index (χ0) is 11.1. The molecule has 2 N–H and O–H groups in total. The smallest absolute Gasteiger partial charge is 0.101 e. The number of halogens is 1. The number of fused-ring (bicyclic) bond motifs is 1. The van der Waals surface area contributed by atoms with Crippen molar-refractivity contribution in [1.29, 1.82) is 0 Å². The molecule has 0 radical (unpaired) electrons. The van der Waals surface area contributed by atoms with Gasteiger partial charge in [-0.3, -0.25) is 0 Å². The first-order valence-corrected chi connectivity index (χ1v) is 6.74. The van der Waals surface area contributed by atoms with Crippen LogP contribution in [0.15, 0.2) is 22.7 Å². The van der Waals surface area contributed by atoms with Gasteiger partial charge in [-0.05, 0) is 18.2 Å². The molecule has 0 spiro atoms. The van der Waals surface area contributed by atoms with Crippen LogP contribution in [-0.4, -0.2) is 24.2 Å². The molecule has 0 aliphatic carbocycles. The Labute approximate surface area is 106 Å². The topological polar surface area (TPSA) is 48.1 Å². The normalized spacial score (nSPS) is 25.4. The molecule has 3 rings (SSSR count). The average Bonchev–Trinajstić information content (AvgIpc) is 2.82. The number of nitrogens with two attached hydrogens (primary N) is 1. The monoisotopic (exact) mass is 298 g/mol. The van der Waals surface area contributed by atoms with Crippen LogP contribution in [0.4, 0.5) is 0 Å². The zero-order valence-electron chi connectivity index (χ0n) is 8.52. The number of hydrogen-bond acceptors (Lipinski definition) is 4. The Kier molecular flexibility index (Phi) is 2.71. The summed E-state index contributed by atoms with van der Waals surface area (Å²) in [5.74, 6) is 0.260. The molecule has 1 fully saturated rings. The van der Waals surface area contributed by atoms with Gasteiger partial charge in [-0.25, -0.2) is 4.98 Å². The highest BCUT2D eigenvalue weighted by atomic mass is 79.9. The molecule has 2 heterocycles. The van der Waals surface area contributed by atoms with Gasteiger partial charge in [0.05, 0.1) is 29.3 Å². The highest BCUT2D eigenvalue weighted by Crippen LogP contribution is 2.32. The lowest BCUT2D eigenvalue weighted by molar-refractivity contribution is 0.191. The summed E-state index contributed by atoms with van der Waals surface area (Å²) in [6.07, 6.45) is 0. The second-order valence-electron chi connectivity index (χ2n) is 3.97. The van der Waals surface area contributed by atoms with E-state index in [1.807, 2.05) is 12.1 Å². The van der Waals surface area contributed by atoms with Crippen LogP contribution < -0.4 is 5.73 Å². The molecule has 3 nitrogen and oxygen atoms in total. The van der Waals surface area contributed by atoms with Gasteiger partial charge in [0.2, 0.25) is 0 Å². The van der Waals surface area contributed by atoms with Crippen molar-refractivity contribution >= 4 is 37.5 Å². The molecule has 0 amide bonds. The SMILES string of the molecule is NC1COCC1c1nc2ccc(Br)cc2s1. The quantitative estimate of drug-likeness (QED) is 0.880. The van der Waals surface area contributed by atoms with E-state index in [2.05, 4.69) is 27.0 Å². The summed E-state index contributed by atoms with van der Waals surface area (Å²) >= 11 is 5.18. The van der Waals surface area contributed by atoms with Gasteiger partial charge in [-0.2, -0.15) is 0 Å². The summed E-state index contributed by atoms with van der Waals surface area (Å²) < 4.78 is 7.66. The first kappa shape index (κ1) is 10.7. The summed E-state index contributed by atoms with van der Waals surface area (Å²) in [7, 11) is 0. The Morgan fingerprint density at radius 1 is 1.44 bits per heavy atom. The minimum Gasteiger partial charge on any atom is -0.379 e. The molecule has 2 unspecified atom stereocenters. The van der Waals surface area contributed by atoms with Crippen LogP contribution >= 0.6 is 27.3 Å². The summed E-state index contributed by atoms with van der Waals surface area (Å²) in [5.41, 5.74) is 7.04. The van der Waals surface area contributed by atoms with Gasteiger partial charge in [0, 0.05) is 10.5 Å². The van der Waals surface area contributed by atoms with E-state index in [0.29, 0.717) is 13.2 Å².